The number of aliphatic carboxylic acids is 1. The molecule has 2 aromatic heterocycles. The number of nitrogens with one attached hydrogen (secondary N) is 4. The summed E-state index contributed by atoms with van der Waals surface area (Å²) in [6.07, 6.45) is 6.32. The van der Waals surface area contributed by atoms with Crippen LogP contribution < -0.4 is 21.5 Å². The highest BCUT2D eigenvalue weighted by Crippen LogP contribution is 2.37. The molecule has 0 amide bonds. The zero-order valence-electron chi connectivity index (χ0n) is 31.4. The lowest BCUT2D eigenvalue weighted by molar-refractivity contribution is -0.145. The molecule has 3 heterocycles. The van der Waals surface area contributed by atoms with Crippen LogP contribution in [0.1, 0.15) is 75.0 Å². The number of aliphatic hydroxyl groups excluding tert-OH is 1. The van der Waals surface area contributed by atoms with Crippen LogP contribution in [0.3, 0.4) is 0 Å². The maximum atomic E-state index is 11.9. The van der Waals surface area contributed by atoms with E-state index in [1.807, 2.05) is 37.4 Å². The van der Waals surface area contributed by atoms with E-state index in [2.05, 4.69) is 56.2 Å². The molecular weight excluding hydrogens is 715 g/mol. The van der Waals surface area contributed by atoms with E-state index in [1.54, 1.807) is 18.2 Å². The average Bonchev–Trinajstić information content (AvgIpc) is 3.98. The number of pyridine rings is 1. The minimum absolute atomic E-state index is 0.00340. The summed E-state index contributed by atoms with van der Waals surface area (Å²) in [6, 6.07) is 28.2. The first-order valence-electron chi connectivity index (χ1n) is 19.0. The number of unbranched alkanes of at least 4 members (excludes halogenated alkanes) is 1. The number of hydrogen-bond acceptors (Lipinski definition) is 10. The van der Waals surface area contributed by atoms with Gasteiger partial charge in [-0.15, -0.1) is 11.3 Å². The summed E-state index contributed by atoms with van der Waals surface area (Å²) in [6.45, 7) is 6.41. The maximum Gasteiger partial charge on any atom is 0.328 e. The lowest BCUT2D eigenvalue weighted by Gasteiger charge is -2.27. The number of aliphatic hydroxyl groups is 1. The lowest BCUT2D eigenvalue weighted by Crippen LogP contribution is -2.47. The van der Waals surface area contributed by atoms with Gasteiger partial charge in [-0.05, 0) is 118 Å². The van der Waals surface area contributed by atoms with Crippen molar-refractivity contribution in [3.05, 3.63) is 133 Å². The minimum atomic E-state index is -1.03. The molecule has 0 radical (unpaired) electrons. The van der Waals surface area contributed by atoms with E-state index in [9.17, 15) is 29.7 Å². The van der Waals surface area contributed by atoms with Gasteiger partial charge in [0.1, 0.15) is 11.3 Å². The van der Waals surface area contributed by atoms with Gasteiger partial charge in [-0.25, -0.2) is 4.79 Å². The predicted octanol–water partition coefficient (Wildman–Crippen LogP) is 5.72. The zero-order valence-corrected chi connectivity index (χ0v) is 32.2. The molecule has 2 atom stereocenters. The molecule has 0 saturated carbocycles. The fraction of sp³-hybridized carbons (Fsp3) is 0.372. The molecule has 2 unspecified atom stereocenters. The molecule has 3 aromatic carbocycles. The molecule has 1 fully saturated rings. The number of aromatic nitrogens is 1. The Morgan fingerprint density at radius 3 is 2.44 bits per heavy atom. The van der Waals surface area contributed by atoms with E-state index in [0.717, 1.165) is 61.2 Å². The van der Waals surface area contributed by atoms with E-state index in [4.69, 9.17) is 0 Å². The fourth-order valence-corrected chi connectivity index (χ4v) is 7.88. The van der Waals surface area contributed by atoms with Crippen molar-refractivity contribution in [3.8, 4) is 5.75 Å². The third-order valence-electron chi connectivity index (χ3n) is 10.1. The van der Waals surface area contributed by atoms with Gasteiger partial charge in [0.2, 0.25) is 5.56 Å². The van der Waals surface area contributed by atoms with Crippen molar-refractivity contribution in [1.82, 2.24) is 25.8 Å². The van der Waals surface area contributed by atoms with Crippen LogP contribution in [0.4, 0.5) is 0 Å². The summed E-state index contributed by atoms with van der Waals surface area (Å²) in [4.78, 5) is 40.7. The van der Waals surface area contributed by atoms with Crippen molar-refractivity contribution in [1.29, 1.82) is 0 Å². The highest BCUT2D eigenvalue weighted by Gasteiger charge is 2.45. The number of hydrogen-bond donors (Lipinski definition) is 7. The number of rotatable bonds is 15. The van der Waals surface area contributed by atoms with Crippen LogP contribution in [-0.4, -0.2) is 77.2 Å². The number of aromatic hydroxyl groups is 1. The quantitative estimate of drug-likeness (QED) is 0.0518. The number of carbonyl (C=O) groups excluding carboxylic acids is 1. The number of phenols is 1. The molecule has 7 rings (SSSR count). The van der Waals surface area contributed by atoms with Gasteiger partial charge in [-0.1, -0.05) is 60.7 Å². The van der Waals surface area contributed by atoms with Crippen molar-refractivity contribution in [2.75, 3.05) is 39.8 Å². The van der Waals surface area contributed by atoms with Crippen molar-refractivity contribution in [2.24, 2.45) is 0 Å². The number of carboxylic acid groups (broad SMARTS) is 1. The standard InChI is InChI=1S/C16H23N3O3.C16H15NO3S.C11H15N/c1-17-8-2-3-9-18-10-14(21)11-4-6-13(20)16-12(11)5-7-15(22)19-16;18-10-13-6-5-12(21-13)9-17-16(15(19)20)8-7-11-3-1-2-4-14(11)16;1-2-6-11(7-3-1)10-12-8-4-5-9-12/h4-7,14,17-18,20-21H,2-3,8-10H2,1H3,(H,19,22);1-6,10,17H,7-9H2,(H,19,20);1-3,6-7H,4-5,8-10H2. The highest BCUT2D eigenvalue weighted by atomic mass is 32.1. The molecule has 1 aliphatic carbocycles. The van der Waals surface area contributed by atoms with Crippen LogP contribution in [0.5, 0.6) is 5.75 Å². The molecule has 1 saturated heterocycles. The molecular formula is C43H53N5O6S. The third-order valence-corrected chi connectivity index (χ3v) is 11.1. The summed E-state index contributed by atoms with van der Waals surface area (Å²) in [7, 11) is 1.93. The molecule has 1 aliphatic heterocycles. The first kappa shape index (κ1) is 41.5. The summed E-state index contributed by atoms with van der Waals surface area (Å²) in [5, 5.41) is 40.1. The van der Waals surface area contributed by atoms with Gasteiger partial charge in [0.25, 0.3) is 0 Å². The number of likely N-dealkylation sites (tertiary alicyclic amines) is 1. The van der Waals surface area contributed by atoms with Gasteiger partial charge in [0.15, 0.2) is 6.29 Å². The molecule has 292 valence electrons. The Bertz CT molecular complexity index is 2030. The number of carboxylic acids is 1. The monoisotopic (exact) mass is 767 g/mol. The van der Waals surface area contributed by atoms with Crippen LogP contribution in [0.15, 0.2) is 95.8 Å². The minimum Gasteiger partial charge on any atom is -0.506 e. The second-order valence-corrected chi connectivity index (χ2v) is 15.1. The van der Waals surface area contributed by atoms with Crippen molar-refractivity contribution in [2.45, 2.75) is 63.3 Å². The van der Waals surface area contributed by atoms with E-state index in [1.165, 1.54) is 55.0 Å². The number of aryl methyl sites for hydroxylation is 1. The topological polar surface area (TPSA) is 167 Å². The van der Waals surface area contributed by atoms with Gasteiger partial charge in [0, 0.05) is 36.0 Å². The first-order valence-corrected chi connectivity index (χ1v) is 19.8. The van der Waals surface area contributed by atoms with Gasteiger partial charge < -0.3 is 30.9 Å². The summed E-state index contributed by atoms with van der Waals surface area (Å²) >= 11 is 1.38. The second-order valence-electron chi connectivity index (χ2n) is 13.9. The largest absolute Gasteiger partial charge is 0.506 e. The Morgan fingerprint density at radius 2 is 1.71 bits per heavy atom. The molecule has 5 aromatic rings. The molecule has 0 bridgehead atoms. The molecule has 55 heavy (non-hydrogen) atoms. The first-order chi connectivity index (χ1) is 26.7. The highest BCUT2D eigenvalue weighted by molar-refractivity contribution is 7.13. The maximum absolute atomic E-state index is 11.9. The van der Waals surface area contributed by atoms with E-state index in [-0.39, 0.29) is 11.3 Å². The number of H-pyrrole nitrogens is 1. The number of aromatic amines is 1. The Kier molecular flexibility index (Phi) is 15.7. The SMILES string of the molecule is CNCCCCNCC(O)c1ccc(O)c2[nH]c(=O)ccc12.O=Cc1ccc(CNC2(C(=O)O)CCc3ccccc32)s1.c1ccc(CN2CCCC2)cc1. The predicted molar refractivity (Wildman–Crippen MR) is 219 cm³/mol. The number of benzene rings is 3. The number of carbonyl (C=O) groups is 2. The number of phenolic OH excluding ortho intramolecular Hbond substituents is 1. The molecule has 12 heteroatoms. The van der Waals surface area contributed by atoms with Crippen LogP contribution in [0, 0.1) is 0 Å². The Balaban J connectivity index is 0.000000165. The molecule has 2 aliphatic rings. The van der Waals surface area contributed by atoms with Crippen LogP contribution in [-0.2, 0) is 29.8 Å². The Morgan fingerprint density at radius 1 is 0.964 bits per heavy atom. The van der Waals surface area contributed by atoms with Gasteiger partial charge in [-0.2, -0.15) is 0 Å². The average molecular weight is 768 g/mol. The number of thiophene rings is 1. The van der Waals surface area contributed by atoms with Crippen molar-refractivity contribution in [3.63, 3.8) is 0 Å². The van der Waals surface area contributed by atoms with Crippen molar-refractivity contribution >= 4 is 34.5 Å². The van der Waals surface area contributed by atoms with Gasteiger partial charge in [0.05, 0.1) is 16.5 Å². The van der Waals surface area contributed by atoms with E-state index >= 15 is 0 Å². The summed E-state index contributed by atoms with van der Waals surface area (Å²) in [5.41, 5.74) is 3.13. The number of fused-ring (bicyclic) bond motifs is 2. The molecule has 7 N–H and O–H groups in total. The van der Waals surface area contributed by atoms with E-state index in [0.29, 0.717) is 40.9 Å². The number of nitrogens with zero attached hydrogens (tertiary/aromatic N) is 1. The Hall–Kier alpha value is -4.69. The summed E-state index contributed by atoms with van der Waals surface area (Å²) in [5.74, 6) is -0.844. The van der Waals surface area contributed by atoms with Crippen LogP contribution in [0.25, 0.3) is 10.9 Å². The smallest absolute Gasteiger partial charge is 0.328 e. The zero-order chi connectivity index (χ0) is 39.0. The lowest BCUT2D eigenvalue weighted by atomic mass is 9.92. The second kappa shape index (κ2) is 20.8. The van der Waals surface area contributed by atoms with Crippen LogP contribution >= 0.6 is 11.3 Å². The normalized spacial score (nSPS) is 16.8. The van der Waals surface area contributed by atoms with Gasteiger partial charge in [-0.3, -0.25) is 19.8 Å². The van der Waals surface area contributed by atoms with E-state index < -0.39 is 17.6 Å². The summed E-state index contributed by atoms with van der Waals surface area (Å²) < 4.78 is 0. The van der Waals surface area contributed by atoms with Gasteiger partial charge >= 0.3 is 5.97 Å². The number of aldehydes is 1. The van der Waals surface area contributed by atoms with Crippen LogP contribution in [0.2, 0.25) is 0 Å². The molecule has 0 spiro atoms. The third kappa shape index (κ3) is 11.4. The Labute approximate surface area is 326 Å². The van der Waals surface area contributed by atoms with Crippen molar-refractivity contribution < 1.29 is 24.9 Å². The fourth-order valence-electron chi connectivity index (χ4n) is 7.12. The molecule has 11 nitrogen and oxygen atoms in total.